The lowest BCUT2D eigenvalue weighted by Crippen LogP contribution is -2.56. The summed E-state index contributed by atoms with van der Waals surface area (Å²) in [6, 6.07) is 14.3. The zero-order valence-corrected chi connectivity index (χ0v) is 17.2. The van der Waals surface area contributed by atoms with E-state index in [1.165, 1.54) is 0 Å². The molecule has 31 heavy (non-hydrogen) atoms. The van der Waals surface area contributed by atoms with Crippen LogP contribution in [0, 0.1) is 0 Å². The maximum atomic E-state index is 12.9. The summed E-state index contributed by atoms with van der Waals surface area (Å²) < 4.78 is 10.8. The molecule has 2 amide bonds. The van der Waals surface area contributed by atoms with Gasteiger partial charge in [-0.15, -0.1) is 0 Å². The van der Waals surface area contributed by atoms with Gasteiger partial charge < -0.3 is 19.7 Å². The van der Waals surface area contributed by atoms with Gasteiger partial charge in [-0.1, -0.05) is 0 Å². The summed E-state index contributed by atoms with van der Waals surface area (Å²) in [6.45, 7) is 0.255. The van der Waals surface area contributed by atoms with E-state index in [0.717, 1.165) is 0 Å². The number of hydrogen-bond acceptors (Lipinski definition) is 6. The summed E-state index contributed by atoms with van der Waals surface area (Å²) in [5.41, 5.74) is 0.678. The Labute approximate surface area is 180 Å². The molecular formula is C23H26N2O6. The second-order valence-corrected chi connectivity index (χ2v) is 7.57. The molecule has 2 aliphatic heterocycles. The normalized spacial score (nSPS) is 17.6. The van der Waals surface area contributed by atoms with Gasteiger partial charge in [-0.05, 0) is 61.4 Å². The molecule has 0 bridgehead atoms. The van der Waals surface area contributed by atoms with E-state index in [0.29, 0.717) is 48.6 Å². The molecule has 0 saturated carbocycles. The van der Waals surface area contributed by atoms with Crippen LogP contribution in [-0.4, -0.2) is 54.1 Å². The van der Waals surface area contributed by atoms with E-state index in [1.807, 2.05) is 24.3 Å². The molecule has 8 heteroatoms. The van der Waals surface area contributed by atoms with Crippen molar-refractivity contribution >= 4 is 23.2 Å². The zero-order chi connectivity index (χ0) is 21.8. The lowest BCUT2D eigenvalue weighted by Gasteiger charge is -2.42. The maximum absolute atomic E-state index is 12.9. The van der Waals surface area contributed by atoms with E-state index in [4.69, 9.17) is 19.7 Å². The first-order valence-electron chi connectivity index (χ1n) is 10.4. The van der Waals surface area contributed by atoms with Gasteiger partial charge in [0, 0.05) is 24.2 Å². The topological polar surface area (TPSA) is 99.5 Å². The maximum Gasteiger partial charge on any atom is 0.229 e. The second kappa shape index (κ2) is 8.95. The number of benzene rings is 2. The standard InChI is InChI=1S/C23H26N2O6/c26-13-15-30-19-5-1-17(2-6-19)24-21(28)9-11-23(24)12-10-22(29)25(23)18-3-7-20(8-4-18)31-16-14-27/h1-8,26-27H,9-16H2. The van der Waals surface area contributed by atoms with Crippen LogP contribution < -0.4 is 19.3 Å². The third-order valence-electron chi connectivity index (χ3n) is 5.72. The Hall–Kier alpha value is -3.10. The van der Waals surface area contributed by atoms with Gasteiger partial charge in [-0.25, -0.2) is 0 Å². The number of hydrogen-bond donors (Lipinski definition) is 2. The first-order valence-corrected chi connectivity index (χ1v) is 10.4. The van der Waals surface area contributed by atoms with Crippen molar-refractivity contribution < 1.29 is 29.3 Å². The molecule has 2 aromatic rings. The van der Waals surface area contributed by atoms with Crippen LogP contribution in [-0.2, 0) is 9.59 Å². The third-order valence-corrected chi connectivity index (χ3v) is 5.72. The molecule has 0 aliphatic carbocycles. The summed E-state index contributed by atoms with van der Waals surface area (Å²) in [4.78, 5) is 29.3. The van der Waals surface area contributed by atoms with Gasteiger partial charge >= 0.3 is 0 Å². The molecule has 2 fully saturated rings. The van der Waals surface area contributed by atoms with Crippen LogP contribution in [0.5, 0.6) is 11.5 Å². The Bertz CT molecular complexity index is 851. The van der Waals surface area contributed by atoms with Crippen LogP contribution >= 0.6 is 0 Å². The van der Waals surface area contributed by atoms with E-state index in [2.05, 4.69) is 0 Å². The van der Waals surface area contributed by atoms with E-state index >= 15 is 0 Å². The van der Waals surface area contributed by atoms with Gasteiger partial charge in [-0.2, -0.15) is 0 Å². The average Bonchev–Trinajstić information content (AvgIpc) is 3.30. The van der Waals surface area contributed by atoms with Crippen molar-refractivity contribution in [3.05, 3.63) is 48.5 Å². The van der Waals surface area contributed by atoms with Crippen molar-refractivity contribution in [1.29, 1.82) is 0 Å². The number of aliphatic hydroxyl groups excluding tert-OH is 2. The van der Waals surface area contributed by atoms with E-state index in [9.17, 15) is 9.59 Å². The molecule has 164 valence electrons. The Morgan fingerprint density at radius 1 is 0.710 bits per heavy atom. The summed E-state index contributed by atoms with van der Waals surface area (Å²) in [5.74, 6) is 1.17. The molecule has 8 nitrogen and oxygen atoms in total. The van der Waals surface area contributed by atoms with Crippen molar-refractivity contribution in [3.63, 3.8) is 0 Å². The minimum Gasteiger partial charge on any atom is -0.491 e. The highest BCUT2D eigenvalue weighted by atomic mass is 16.5. The minimum atomic E-state index is -0.741. The number of ether oxygens (including phenoxy) is 2. The summed E-state index contributed by atoms with van der Waals surface area (Å²) in [5, 5.41) is 17.8. The highest BCUT2D eigenvalue weighted by Crippen LogP contribution is 2.47. The molecule has 2 aliphatic rings. The second-order valence-electron chi connectivity index (χ2n) is 7.57. The lowest BCUT2D eigenvalue weighted by molar-refractivity contribution is -0.117. The number of amides is 2. The van der Waals surface area contributed by atoms with Crippen molar-refractivity contribution in [2.45, 2.75) is 31.3 Å². The number of rotatable bonds is 8. The van der Waals surface area contributed by atoms with E-state index in [1.54, 1.807) is 34.1 Å². The molecule has 0 aromatic heterocycles. The molecule has 0 atom stereocenters. The highest BCUT2D eigenvalue weighted by molar-refractivity contribution is 6.05. The molecule has 2 saturated heterocycles. The SMILES string of the molecule is O=C1CCC2(CCC(=O)N2c2ccc(OCCO)cc2)N1c1ccc(OCCO)cc1. The Morgan fingerprint density at radius 2 is 1.10 bits per heavy atom. The highest BCUT2D eigenvalue weighted by Gasteiger charge is 2.56. The largest absolute Gasteiger partial charge is 0.491 e. The number of aliphatic hydroxyl groups is 2. The van der Waals surface area contributed by atoms with Crippen molar-refractivity contribution in [2.75, 3.05) is 36.2 Å². The van der Waals surface area contributed by atoms with Crippen LogP contribution in [0.3, 0.4) is 0 Å². The van der Waals surface area contributed by atoms with Crippen molar-refractivity contribution in [1.82, 2.24) is 0 Å². The van der Waals surface area contributed by atoms with Gasteiger partial charge in [0.05, 0.1) is 13.2 Å². The molecule has 0 radical (unpaired) electrons. The summed E-state index contributed by atoms with van der Waals surface area (Å²) >= 11 is 0. The number of carbonyl (C=O) groups is 2. The molecule has 2 N–H and O–H groups in total. The van der Waals surface area contributed by atoms with Crippen LogP contribution in [0.2, 0.25) is 0 Å². The predicted octanol–water partition coefficient (Wildman–Crippen LogP) is 2.08. The minimum absolute atomic E-state index is 0.0216. The first-order chi connectivity index (χ1) is 15.1. The van der Waals surface area contributed by atoms with Gasteiger partial charge in [0.1, 0.15) is 30.4 Å². The quantitative estimate of drug-likeness (QED) is 0.671. The predicted molar refractivity (Wildman–Crippen MR) is 114 cm³/mol. The van der Waals surface area contributed by atoms with Crippen molar-refractivity contribution in [2.24, 2.45) is 0 Å². The molecule has 4 rings (SSSR count). The van der Waals surface area contributed by atoms with E-state index in [-0.39, 0.29) is 38.2 Å². The first kappa shape index (κ1) is 21.1. The van der Waals surface area contributed by atoms with Crippen LogP contribution in [0.1, 0.15) is 25.7 Å². The summed E-state index contributed by atoms with van der Waals surface area (Å²) in [7, 11) is 0. The van der Waals surface area contributed by atoms with E-state index < -0.39 is 5.66 Å². The Morgan fingerprint density at radius 3 is 1.45 bits per heavy atom. The third kappa shape index (κ3) is 3.96. The average molecular weight is 426 g/mol. The lowest BCUT2D eigenvalue weighted by atomic mass is 10.0. The fraction of sp³-hybridized carbons (Fsp3) is 0.391. The fourth-order valence-corrected chi connectivity index (χ4v) is 4.45. The van der Waals surface area contributed by atoms with Crippen LogP contribution in [0.15, 0.2) is 48.5 Å². The fourth-order valence-electron chi connectivity index (χ4n) is 4.45. The Kier molecular flexibility index (Phi) is 6.11. The smallest absolute Gasteiger partial charge is 0.229 e. The number of anilines is 2. The van der Waals surface area contributed by atoms with Crippen LogP contribution in [0.4, 0.5) is 11.4 Å². The van der Waals surface area contributed by atoms with Crippen molar-refractivity contribution in [3.8, 4) is 11.5 Å². The molecule has 2 aromatic carbocycles. The summed E-state index contributed by atoms with van der Waals surface area (Å²) in [6.07, 6.45) is 1.85. The van der Waals surface area contributed by atoms with Gasteiger partial charge in [0.15, 0.2) is 0 Å². The monoisotopic (exact) mass is 426 g/mol. The number of nitrogens with zero attached hydrogens (tertiary/aromatic N) is 2. The van der Waals surface area contributed by atoms with Gasteiger partial charge in [-0.3, -0.25) is 19.4 Å². The molecular weight excluding hydrogens is 400 g/mol. The van der Waals surface area contributed by atoms with Gasteiger partial charge in [0.25, 0.3) is 0 Å². The zero-order valence-electron chi connectivity index (χ0n) is 17.2. The van der Waals surface area contributed by atoms with Crippen LogP contribution in [0.25, 0.3) is 0 Å². The Balaban J connectivity index is 1.64. The number of carbonyl (C=O) groups excluding carboxylic acids is 2. The molecule has 0 unspecified atom stereocenters. The molecule has 2 heterocycles. The van der Waals surface area contributed by atoms with Gasteiger partial charge in [0.2, 0.25) is 11.8 Å². The molecule has 1 spiro atoms.